The van der Waals surface area contributed by atoms with Gasteiger partial charge in [0.25, 0.3) is 5.24 Å². The number of carbonyl (C=O) groups is 2. The minimum absolute atomic E-state index is 0.125. The molecule has 8 heteroatoms. The molecule has 3 unspecified atom stereocenters. The summed E-state index contributed by atoms with van der Waals surface area (Å²) >= 11 is 1.01. The summed E-state index contributed by atoms with van der Waals surface area (Å²) in [5.74, 6) is -0.109. The van der Waals surface area contributed by atoms with Gasteiger partial charge in [-0.2, -0.15) is 0 Å². The zero-order chi connectivity index (χ0) is 26.2. The summed E-state index contributed by atoms with van der Waals surface area (Å²) in [7, 11) is 0. The SMILES string of the molecule is O=C1CSC(=O)N1[C@@H]1COC(COCc2ccccc2)C(OCc2ccccc2)C1OCc1ccccc1. The van der Waals surface area contributed by atoms with E-state index in [2.05, 4.69) is 0 Å². The van der Waals surface area contributed by atoms with Crippen LogP contribution in [0.3, 0.4) is 0 Å². The fourth-order valence-electron chi connectivity index (χ4n) is 4.70. The van der Waals surface area contributed by atoms with Gasteiger partial charge in [-0.05, 0) is 16.7 Å². The third kappa shape index (κ3) is 6.70. The highest BCUT2D eigenvalue weighted by molar-refractivity contribution is 8.14. The largest absolute Gasteiger partial charge is 0.374 e. The van der Waals surface area contributed by atoms with E-state index in [0.717, 1.165) is 28.5 Å². The second-order valence-electron chi connectivity index (χ2n) is 9.28. The smallest absolute Gasteiger partial charge is 0.289 e. The van der Waals surface area contributed by atoms with Crippen molar-refractivity contribution in [3.63, 3.8) is 0 Å². The van der Waals surface area contributed by atoms with Crippen molar-refractivity contribution in [3.05, 3.63) is 108 Å². The van der Waals surface area contributed by atoms with Crippen LogP contribution in [-0.2, 0) is 43.6 Å². The van der Waals surface area contributed by atoms with Crippen molar-refractivity contribution in [1.29, 1.82) is 0 Å². The van der Waals surface area contributed by atoms with Crippen LogP contribution < -0.4 is 0 Å². The van der Waals surface area contributed by atoms with E-state index in [-0.39, 0.29) is 30.1 Å². The lowest BCUT2D eigenvalue weighted by Crippen LogP contribution is -2.62. The van der Waals surface area contributed by atoms with Gasteiger partial charge in [-0.3, -0.25) is 14.5 Å². The first-order valence-corrected chi connectivity index (χ1v) is 13.7. The number of nitrogens with zero attached hydrogens (tertiary/aromatic N) is 1. The Hall–Kier alpha value is -3.01. The fourth-order valence-corrected chi connectivity index (χ4v) is 5.46. The molecule has 0 N–H and O–H groups in total. The fraction of sp³-hybridized carbons (Fsp3) is 0.333. The van der Waals surface area contributed by atoms with Crippen LogP contribution in [0.5, 0.6) is 0 Å². The second-order valence-corrected chi connectivity index (χ2v) is 10.2. The maximum atomic E-state index is 12.7. The van der Waals surface area contributed by atoms with Gasteiger partial charge in [0.05, 0.1) is 44.8 Å². The van der Waals surface area contributed by atoms with E-state index in [9.17, 15) is 9.59 Å². The Labute approximate surface area is 227 Å². The van der Waals surface area contributed by atoms with E-state index in [1.807, 2.05) is 91.0 Å². The third-order valence-electron chi connectivity index (χ3n) is 6.63. The molecular weight excluding hydrogens is 502 g/mol. The average Bonchev–Trinajstić information content (AvgIpc) is 3.30. The van der Waals surface area contributed by atoms with Crippen molar-refractivity contribution in [2.24, 2.45) is 0 Å². The number of hydrogen-bond acceptors (Lipinski definition) is 7. The standard InChI is InChI=1S/C30H31NO6S/c32-27-21-38-30(33)31(27)25-19-35-26(20-34-16-22-10-4-1-5-11-22)29(37-18-24-14-8-3-9-15-24)28(25)36-17-23-12-6-2-7-13-23/h1-15,25-26,28-29H,16-21H2/t25-,26?,28?,29?/m1/s1. The number of carbonyl (C=O) groups excluding carboxylic acids is 2. The van der Waals surface area contributed by atoms with E-state index in [4.69, 9.17) is 18.9 Å². The summed E-state index contributed by atoms with van der Waals surface area (Å²) in [6.07, 6.45) is -1.61. The second kappa shape index (κ2) is 13.2. The van der Waals surface area contributed by atoms with Gasteiger partial charge in [-0.15, -0.1) is 0 Å². The highest BCUT2D eigenvalue weighted by atomic mass is 32.2. The molecule has 2 aliphatic rings. The molecule has 3 aromatic carbocycles. The van der Waals surface area contributed by atoms with Gasteiger partial charge in [0.15, 0.2) is 0 Å². The molecule has 2 saturated heterocycles. The van der Waals surface area contributed by atoms with E-state index in [1.165, 1.54) is 4.90 Å². The Morgan fingerprint density at radius 3 is 1.79 bits per heavy atom. The predicted molar refractivity (Wildman–Crippen MR) is 144 cm³/mol. The molecule has 7 nitrogen and oxygen atoms in total. The molecular formula is C30H31NO6S. The van der Waals surface area contributed by atoms with Gasteiger partial charge in [-0.1, -0.05) is 103 Å². The number of amides is 2. The van der Waals surface area contributed by atoms with Gasteiger partial charge in [0.1, 0.15) is 18.3 Å². The van der Waals surface area contributed by atoms with Crippen LogP contribution >= 0.6 is 11.8 Å². The van der Waals surface area contributed by atoms with Gasteiger partial charge in [-0.25, -0.2) is 0 Å². The van der Waals surface area contributed by atoms with E-state index < -0.39 is 24.4 Å². The highest BCUT2D eigenvalue weighted by Gasteiger charge is 2.49. The van der Waals surface area contributed by atoms with Crippen LogP contribution in [0.15, 0.2) is 91.0 Å². The lowest BCUT2D eigenvalue weighted by molar-refractivity contribution is -0.218. The molecule has 0 saturated carbocycles. The zero-order valence-electron chi connectivity index (χ0n) is 21.0. The molecule has 2 heterocycles. The van der Waals surface area contributed by atoms with Crippen LogP contribution in [0.2, 0.25) is 0 Å². The predicted octanol–water partition coefficient (Wildman–Crippen LogP) is 4.84. The Bertz CT molecular complexity index is 1160. The van der Waals surface area contributed by atoms with Gasteiger partial charge >= 0.3 is 0 Å². The maximum absolute atomic E-state index is 12.7. The van der Waals surface area contributed by atoms with Crippen LogP contribution in [0.4, 0.5) is 4.79 Å². The minimum atomic E-state index is -0.597. The van der Waals surface area contributed by atoms with Crippen molar-refractivity contribution in [1.82, 2.24) is 4.90 Å². The number of thioether (sulfide) groups is 1. The molecule has 0 aromatic heterocycles. The average molecular weight is 534 g/mol. The van der Waals surface area contributed by atoms with Gasteiger partial charge < -0.3 is 18.9 Å². The Morgan fingerprint density at radius 1 is 0.737 bits per heavy atom. The summed E-state index contributed by atoms with van der Waals surface area (Å²) < 4.78 is 25.2. The number of ether oxygens (including phenoxy) is 4. The van der Waals surface area contributed by atoms with E-state index in [0.29, 0.717) is 19.8 Å². The number of imide groups is 1. The first-order valence-electron chi connectivity index (χ1n) is 12.7. The summed E-state index contributed by atoms with van der Waals surface area (Å²) in [4.78, 5) is 26.7. The molecule has 2 aliphatic heterocycles. The first kappa shape index (κ1) is 26.6. The first-order chi connectivity index (χ1) is 18.7. The normalized spacial score (nSPS) is 23.6. The van der Waals surface area contributed by atoms with Crippen LogP contribution in [0, 0.1) is 0 Å². The zero-order valence-corrected chi connectivity index (χ0v) is 21.8. The number of hydrogen-bond donors (Lipinski definition) is 0. The topological polar surface area (TPSA) is 74.3 Å². The molecule has 198 valence electrons. The molecule has 2 amide bonds. The molecule has 4 atom stereocenters. The molecule has 2 fully saturated rings. The lowest BCUT2D eigenvalue weighted by atomic mass is 9.96. The molecule has 5 rings (SSSR count). The van der Waals surface area contributed by atoms with Crippen molar-refractivity contribution in [2.45, 2.75) is 44.2 Å². The molecule has 38 heavy (non-hydrogen) atoms. The Balaban J connectivity index is 1.37. The van der Waals surface area contributed by atoms with E-state index in [1.54, 1.807) is 0 Å². The molecule has 0 spiro atoms. The van der Waals surface area contributed by atoms with Crippen molar-refractivity contribution >= 4 is 22.9 Å². The quantitative estimate of drug-likeness (QED) is 0.349. The minimum Gasteiger partial charge on any atom is -0.374 e. The lowest BCUT2D eigenvalue weighted by Gasteiger charge is -2.44. The van der Waals surface area contributed by atoms with Gasteiger partial charge in [0, 0.05) is 0 Å². The molecule has 0 aliphatic carbocycles. The maximum Gasteiger partial charge on any atom is 0.289 e. The summed E-state index contributed by atoms with van der Waals surface area (Å²) in [6.45, 7) is 1.52. The van der Waals surface area contributed by atoms with Crippen LogP contribution in [0.1, 0.15) is 16.7 Å². The summed E-state index contributed by atoms with van der Waals surface area (Å²) in [5.41, 5.74) is 3.05. The highest BCUT2D eigenvalue weighted by Crippen LogP contribution is 2.32. The van der Waals surface area contributed by atoms with Crippen molar-refractivity contribution in [2.75, 3.05) is 19.0 Å². The molecule has 0 bridgehead atoms. The summed E-state index contributed by atoms with van der Waals surface area (Å²) in [5, 5.41) is -0.280. The summed E-state index contributed by atoms with van der Waals surface area (Å²) in [6, 6.07) is 29.0. The Kier molecular flexibility index (Phi) is 9.22. The van der Waals surface area contributed by atoms with Crippen molar-refractivity contribution in [3.8, 4) is 0 Å². The van der Waals surface area contributed by atoms with Crippen LogP contribution in [0.25, 0.3) is 0 Å². The van der Waals surface area contributed by atoms with Crippen LogP contribution in [-0.4, -0.2) is 59.4 Å². The van der Waals surface area contributed by atoms with Gasteiger partial charge in [0.2, 0.25) is 5.91 Å². The molecule has 0 radical (unpaired) electrons. The van der Waals surface area contributed by atoms with E-state index >= 15 is 0 Å². The molecule has 3 aromatic rings. The Morgan fingerprint density at radius 2 is 1.26 bits per heavy atom. The number of benzene rings is 3. The third-order valence-corrected chi connectivity index (χ3v) is 7.47. The van der Waals surface area contributed by atoms with Crippen molar-refractivity contribution < 1.29 is 28.5 Å². The number of rotatable bonds is 11. The monoisotopic (exact) mass is 533 g/mol.